The molecule has 0 bridgehead atoms. The zero-order valence-corrected chi connectivity index (χ0v) is 18.7. The second-order valence-electron chi connectivity index (χ2n) is 8.73. The zero-order chi connectivity index (χ0) is 24.0. The summed E-state index contributed by atoms with van der Waals surface area (Å²) in [4.78, 5) is 20.1. The third kappa shape index (κ3) is 3.96. The fraction of sp³-hybridized carbons (Fsp3) is 0.280. The standard InChI is InChI=1S/C25H24F3N5O/c1-32-4-6-33(7-5-32)23-12-21(27)16(10-22(23)28)15-9-19(24(29)31-13-15)18-8-14-2-3-30-25(34)17(14)11-20(18)26/h8-13H,2-7H2,1H3,(H2,29,31)(H,30,34). The number of aromatic nitrogens is 1. The van der Waals surface area contributed by atoms with Crippen LogP contribution >= 0.6 is 0 Å². The van der Waals surface area contributed by atoms with Gasteiger partial charge in [0.1, 0.15) is 23.3 Å². The molecule has 0 aliphatic carbocycles. The first-order valence-electron chi connectivity index (χ1n) is 11.1. The molecule has 3 aromatic rings. The SMILES string of the molecule is CN1CCN(c2cc(F)c(-c3cnc(N)c(-c4cc5c(cc4F)C(=O)NCC5)c3)cc2F)CC1. The Kier molecular flexibility index (Phi) is 5.65. The van der Waals surface area contributed by atoms with Crippen LogP contribution in [0, 0.1) is 17.5 Å². The van der Waals surface area contributed by atoms with Crippen LogP contribution < -0.4 is 16.0 Å². The quantitative estimate of drug-likeness (QED) is 0.617. The molecule has 34 heavy (non-hydrogen) atoms. The summed E-state index contributed by atoms with van der Waals surface area (Å²) in [6, 6.07) is 6.60. The summed E-state index contributed by atoms with van der Waals surface area (Å²) >= 11 is 0. The fourth-order valence-electron chi connectivity index (χ4n) is 4.53. The molecule has 0 radical (unpaired) electrons. The molecule has 0 unspecified atom stereocenters. The third-order valence-corrected chi connectivity index (χ3v) is 6.52. The van der Waals surface area contributed by atoms with Crippen LogP contribution in [0.25, 0.3) is 22.3 Å². The molecule has 6 nitrogen and oxygen atoms in total. The van der Waals surface area contributed by atoms with Crippen LogP contribution in [-0.2, 0) is 6.42 Å². The van der Waals surface area contributed by atoms with Gasteiger partial charge in [-0.05, 0) is 43.3 Å². The van der Waals surface area contributed by atoms with Crippen molar-refractivity contribution in [3.05, 3.63) is 65.1 Å². The van der Waals surface area contributed by atoms with Crippen LogP contribution in [0.2, 0.25) is 0 Å². The maximum absolute atomic E-state index is 15.1. The van der Waals surface area contributed by atoms with Gasteiger partial charge in [-0.3, -0.25) is 4.79 Å². The molecule has 1 fully saturated rings. The average molecular weight is 467 g/mol. The number of nitrogens with zero attached hydrogens (tertiary/aromatic N) is 3. The van der Waals surface area contributed by atoms with E-state index in [9.17, 15) is 9.18 Å². The van der Waals surface area contributed by atoms with Crippen molar-refractivity contribution in [2.45, 2.75) is 6.42 Å². The van der Waals surface area contributed by atoms with Crippen LogP contribution in [0.15, 0.2) is 36.5 Å². The molecule has 3 heterocycles. The van der Waals surface area contributed by atoms with Crippen molar-refractivity contribution in [1.82, 2.24) is 15.2 Å². The molecular formula is C25H24F3N5O. The fourth-order valence-corrected chi connectivity index (χ4v) is 4.53. The van der Waals surface area contributed by atoms with Crippen molar-refractivity contribution in [1.29, 1.82) is 0 Å². The number of pyridine rings is 1. The lowest BCUT2D eigenvalue weighted by molar-refractivity contribution is 0.0945. The number of halogens is 3. The molecule has 5 rings (SSSR count). The van der Waals surface area contributed by atoms with Crippen LogP contribution in [0.1, 0.15) is 15.9 Å². The number of amides is 1. The Balaban J connectivity index is 1.54. The van der Waals surface area contributed by atoms with E-state index in [2.05, 4.69) is 15.2 Å². The normalized spacial score (nSPS) is 16.4. The minimum Gasteiger partial charge on any atom is -0.383 e. The highest BCUT2D eigenvalue weighted by Crippen LogP contribution is 2.36. The van der Waals surface area contributed by atoms with Gasteiger partial charge < -0.3 is 20.9 Å². The molecule has 0 saturated carbocycles. The Bertz CT molecular complexity index is 1290. The third-order valence-electron chi connectivity index (χ3n) is 6.52. The van der Waals surface area contributed by atoms with Crippen molar-refractivity contribution in [3.63, 3.8) is 0 Å². The van der Waals surface area contributed by atoms with Gasteiger partial charge in [0.15, 0.2) is 0 Å². The first kappa shape index (κ1) is 22.2. The van der Waals surface area contributed by atoms with Gasteiger partial charge in [-0.1, -0.05) is 0 Å². The second kappa shape index (κ2) is 8.64. The van der Waals surface area contributed by atoms with Crippen molar-refractivity contribution in [2.24, 2.45) is 0 Å². The molecule has 9 heteroatoms. The molecule has 2 aromatic carbocycles. The number of hydrogen-bond donors (Lipinski definition) is 2. The molecule has 176 valence electrons. The predicted octanol–water partition coefficient (Wildman–Crippen LogP) is 3.45. The van der Waals surface area contributed by atoms with Crippen molar-refractivity contribution >= 4 is 17.4 Å². The predicted molar refractivity (Wildman–Crippen MR) is 125 cm³/mol. The largest absolute Gasteiger partial charge is 0.383 e. The molecule has 0 spiro atoms. The minimum absolute atomic E-state index is 0.0156. The van der Waals surface area contributed by atoms with E-state index < -0.39 is 17.5 Å². The van der Waals surface area contributed by atoms with Crippen molar-refractivity contribution in [3.8, 4) is 22.3 Å². The number of benzene rings is 2. The van der Waals surface area contributed by atoms with E-state index in [1.165, 1.54) is 24.4 Å². The van der Waals surface area contributed by atoms with Crippen LogP contribution in [0.3, 0.4) is 0 Å². The van der Waals surface area contributed by atoms with E-state index in [0.29, 0.717) is 31.6 Å². The van der Waals surface area contributed by atoms with Crippen molar-refractivity contribution in [2.75, 3.05) is 50.4 Å². The molecule has 1 amide bonds. The highest BCUT2D eigenvalue weighted by Gasteiger charge is 2.23. The summed E-state index contributed by atoms with van der Waals surface area (Å²) in [6.07, 6.45) is 1.89. The molecule has 2 aliphatic heterocycles. The number of rotatable bonds is 3. The Hall–Kier alpha value is -3.59. The molecule has 2 aliphatic rings. The minimum atomic E-state index is -0.640. The van der Waals surface area contributed by atoms with Gasteiger partial charge in [0.05, 0.1) is 5.69 Å². The molecular weight excluding hydrogens is 443 g/mol. The Morgan fingerprint density at radius 1 is 0.882 bits per heavy atom. The molecule has 0 atom stereocenters. The van der Waals surface area contributed by atoms with E-state index in [4.69, 9.17) is 5.73 Å². The highest BCUT2D eigenvalue weighted by atomic mass is 19.1. The van der Waals surface area contributed by atoms with Gasteiger partial charge in [0.2, 0.25) is 0 Å². The van der Waals surface area contributed by atoms with E-state index in [0.717, 1.165) is 19.2 Å². The number of hydrogen-bond acceptors (Lipinski definition) is 5. The summed E-state index contributed by atoms with van der Waals surface area (Å²) in [7, 11) is 1.99. The van der Waals surface area contributed by atoms with E-state index >= 15 is 8.78 Å². The Morgan fingerprint density at radius 2 is 1.59 bits per heavy atom. The lowest BCUT2D eigenvalue weighted by Crippen LogP contribution is -2.44. The lowest BCUT2D eigenvalue weighted by Gasteiger charge is -2.34. The van der Waals surface area contributed by atoms with Gasteiger partial charge in [-0.25, -0.2) is 18.2 Å². The summed E-state index contributed by atoms with van der Waals surface area (Å²) in [6.45, 7) is 3.20. The molecule has 1 saturated heterocycles. The average Bonchev–Trinajstić information content (AvgIpc) is 2.82. The number of carbonyl (C=O) groups is 1. The number of piperazine rings is 1. The van der Waals surface area contributed by atoms with Gasteiger partial charge >= 0.3 is 0 Å². The molecule has 1 aromatic heterocycles. The van der Waals surface area contributed by atoms with Gasteiger partial charge in [-0.15, -0.1) is 0 Å². The number of nitrogens with two attached hydrogens (primary N) is 1. The number of anilines is 2. The highest BCUT2D eigenvalue weighted by molar-refractivity contribution is 5.97. The first-order valence-corrected chi connectivity index (χ1v) is 11.1. The van der Waals surface area contributed by atoms with E-state index in [1.807, 2.05) is 11.9 Å². The van der Waals surface area contributed by atoms with E-state index in [-0.39, 0.29) is 45.2 Å². The van der Waals surface area contributed by atoms with Gasteiger partial charge in [0, 0.05) is 72.8 Å². The smallest absolute Gasteiger partial charge is 0.251 e. The number of carbonyl (C=O) groups excluding carboxylic acids is 1. The van der Waals surface area contributed by atoms with Crippen LogP contribution in [0.5, 0.6) is 0 Å². The Morgan fingerprint density at radius 3 is 2.35 bits per heavy atom. The monoisotopic (exact) mass is 467 g/mol. The second-order valence-corrected chi connectivity index (χ2v) is 8.73. The number of fused-ring (bicyclic) bond motifs is 1. The van der Waals surface area contributed by atoms with Crippen LogP contribution in [-0.4, -0.2) is 55.6 Å². The lowest BCUT2D eigenvalue weighted by atomic mass is 9.93. The Labute approximate surface area is 195 Å². The number of nitrogen functional groups attached to an aromatic ring is 1. The summed E-state index contributed by atoms with van der Waals surface area (Å²) in [5.74, 6) is -2.05. The maximum Gasteiger partial charge on any atom is 0.251 e. The summed E-state index contributed by atoms with van der Waals surface area (Å²) in [5, 5.41) is 2.68. The van der Waals surface area contributed by atoms with Gasteiger partial charge in [-0.2, -0.15) is 0 Å². The summed E-state index contributed by atoms with van der Waals surface area (Å²) in [5.41, 5.74) is 7.94. The molecule has 3 N–H and O–H groups in total. The number of likely N-dealkylation sites (N-methyl/N-ethyl adjacent to an activating group) is 1. The maximum atomic E-state index is 15.1. The van der Waals surface area contributed by atoms with Crippen LogP contribution in [0.4, 0.5) is 24.7 Å². The topological polar surface area (TPSA) is 74.5 Å². The first-order chi connectivity index (χ1) is 16.3. The zero-order valence-electron chi connectivity index (χ0n) is 18.7. The van der Waals surface area contributed by atoms with E-state index in [1.54, 1.807) is 6.07 Å². The summed E-state index contributed by atoms with van der Waals surface area (Å²) < 4.78 is 45.1. The van der Waals surface area contributed by atoms with Gasteiger partial charge in [0.25, 0.3) is 5.91 Å². The van der Waals surface area contributed by atoms with Crippen molar-refractivity contribution < 1.29 is 18.0 Å². The number of nitrogens with one attached hydrogen (secondary N) is 1.